The molecule has 0 atom stereocenters. The first-order valence-electron chi connectivity index (χ1n) is 5.69. The van der Waals surface area contributed by atoms with Gasteiger partial charge >= 0.3 is 58.4 Å². The van der Waals surface area contributed by atoms with Crippen molar-refractivity contribution in [3.05, 3.63) is 65.5 Å². The molecule has 0 fully saturated rings. The van der Waals surface area contributed by atoms with Gasteiger partial charge in [-0.05, 0) is 23.3 Å². The second kappa shape index (κ2) is 7.56. The molecule has 20 heavy (non-hydrogen) atoms. The average Bonchev–Trinajstić information content (AvgIpc) is 2.37. The Hall–Kier alpha value is -0.399. The Morgan fingerprint density at radius 2 is 1.10 bits per heavy atom. The van der Waals surface area contributed by atoms with Gasteiger partial charge < -0.3 is 12.9 Å². The van der Waals surface area contributed by atoms with Crippen molar-refractivity contribution in [1.29, 1.82) is 0 Å². The molecule has 0 unspecified atom stereocenters. The Kier molecular flexibility index (Phi) is 6.68. The molecular formula is C14H10BF4K. The van der Waals surface area contributed by atoms with E-state index < -0.39 is 12.4 Å². The summed E-state index contributed by atoms with van der Waals surface area (Å²) in [4.78, 5) is 0. The minimum atomic E-state index is -4.95. The second-order valence-corrected chi connectivity index (χ2v) is 4.13. The summed E-state index contributed by atoms with van der Waals surface area (Å²) in [6.45, 7) is -4.95. The number of hydrogen-bond acceptors (Lipinski definition) is 0. The summed E-state index contributed by atoms with van der Waals surface area (Å²) in [6.07, 6.45) is 3.40. The third kappa shape index (κ3) is 5.18. The van der Waals surface area contributed by atoms with Gasteiger partial charge in [0, 0.05) is 0 Å². The minimum absolute atomic E-state index is 0. The molecule has 0 nitrogen and oxygen atoms in total. The van der Waals surface area contributed by atoms with Gasteiger partial charge in [-0.15, -0.1) is 5.46 Å². The number of halogens is 4. The van der Waals surface area contributed by atoms with Crippen LogP contribution in [0.25, 0.3) is 12.2 Å². The fourth-order valence-electron chi connectivity index (χ4n) is 1.59. The standard InChI is InChI=1S/C14H10BF4.K/c16-14-9-5-12(6-10-14)2-1-11-3-7-13(8-4-11)15(17,18)19;/h1-10H;/q-1;+1/b2-1+;. The quantitative estimate of drug-likeness (QED) is 0.452. The molecule has 0 spiro atoms. The summed E-state index contributed by atoms with van der Waals surface area (Å²) in [6, 6.07) is 10.8. The van der Waals surface area contributed by atoms with Crippen molar-refractivity contribution in [2.45, 2.75) is 0 Å². The molecule has 0 amide bonds. The van der Waals surface area contributed by atoms with Gasteiger partial charge in [0.1, 0.15) is 5.82 Å². The fourth-order valence-corrected chi connectivity index (χ4v) is 1.59. The van der Waals surface area contributed by atoms with Gasteiger partial charge in [-0.25, -0.2) is 4.39 Å². The van der Waals surface area contributed by atoms with E-state index in [-0.39, 0.29) is 57.2 Å². The largest absolute Gasteiger partial charge is 1.00 e. The fraction of sp³-hybridized carbons (Fsp3) is 0. The molecule has 0 aliphatic heterocycles. The summed E-state index contributed by atoms with van der Waals surface area (Å²) in [5.74, 6) is -0.325. The molecule has 0 aliphatic rings. The first-order chi connectivity index (χ1) is 8.95. The maximum Gasteiger partial charge on any atom is 1.00 e. The third-order valence-corrected chi connectivity index (χ3v) is 2.65. The van der Waals surface area contributed by atoms with E-state index >= 15 is 0 Å². The molecule has 2 rings (SSSR count). The summed E-state index contributed by atoms with van der Waals surface area (Å²) in [5.41, 5.74) is 0.831. The number of rotatable bonds is 3. The van der Waals surface area contributed by atoms with E-state index in [4.69, 9.17) is 0 Å². The van der Waals surface area contributed by atoms with Gasteiger partial charge in [0.15, 0.2) is 0 Å². The van der Waals surface area contributed by atoms with E-state index in [0.717, 1.165) is 17.7 Å². The Bertz CT molecular complexity index is 574. The molecule has 0 radical (unpaired) electrons. The Labute approximate surface area is 157 Å². The molecule has 0 N–H and O–H groups in total. The summed E-state index contributed by atoms with van der Waals surface area (Å²) >= 11 is 0. The minimum Gasteiger partial charge on any atom is -0.445 e. The normalized spacial score (nSPS) is 11.4. The zero-order chi connectivity index (χ0) is 13.9. The second-order valence-electron chi connectivity index (χ2n) is 4.13. The van der Waals surface area contributed by atoms with E-state index in [1.807, 2.05) is 0 Å². The number of hydrogen-bond donors (Lipinski definition) is 0. The van der Waals surface area contributed by atoms with Crippen LogP contribution in [0.15, 0.2) is 48.5 Å². The van der Waals surface area contributed by atoms with Gasteiger partial charge in [0.25, 0.3) is 0 Å². The maximum atomic E-state index is 12.7. The van der Waals surface area contributed by atoms with Crippen molar-refractivity contribution in [2.24, 2.45) is 0 Å². The van der Waals surface area contributed by atoms with Crippen LogP contribution in [0.1, 0.15) is 11.1 Å². The molecule has 0 heterocycles. The van der Waals surface area contributed by atoms with Crippen LogP contribution in [0.3, 0.4) is 0 Å². The van der Waals surface area contributed by atoms with E-state index in [9.17, 15) is 17.3 Å². The molecule has 0 aromatic heterocycles. The van der Waals surface area contributed by atoms with Crippen molar-refractivity contribution in [3.8, 4) is 0 Å². The molecule has 0 aliphatic carbocycles. The average molecular weight is 304 g/mol. The Morgan fingerprint density at radius 3 is 1.50 bits per heavy atom. The number of benzene rings is 2. The van der Waals surface area contributed by atoms with Gasteiger partial charge in [-0.1, -0.05) is 48.6 Å². The van der Waals surface area contributed by atoms with Crippen molar-refractivity contribution in [3.63, 3.8) is 0 Å². The van der Waals surface area contributed by atoms with Crippen molar-refractivity contribution >= 4 is 24.6 Å². The predicted molar refractivity (Wildman–Crippen MR) is 70.5 cm³/mol. The molecular weight excluding hydrogens is 294 g/mol. The molecule has 2 aromatic carbocycles. The van der Waals surface area contributed by atoms with Gasteiger partial charge in [0.2, 0.25) is 0 Å². The van der Waals surface area contributed by atoms with Crippen LogP contribution in [-0.2, 0) is 0 Å². The van der Waals surface area contributed by atoms with E-state index in [1.165, 1.54) is 24.3 Å². The van der Waals surface area contributed by atoms with Crippen LogP contribution in [0.2, 0.25) is 0 Å². The van der Waals surface area contributed by atoms with Gasteiger partial charge in [0.05, 0.1) is 0 Å². The molecule has 2 aromatic rings. The van der Waals surface area contributed by atoms with E-state index in [2.05, 4.69) is 0 Å². The zero-order valence-electron chi connectivity index (χ0n) is 10.9. The molecule has 0 saturated heterocycles. The first kappa shape index (κ1) is 17.7. The topological polar surface area (TPSA) is 0 Å². The van der Waals surface area contributed by atoms with Crippen molar-refractivity contribution in [1.82, 2.24) is 0 Å². The summed E-state index contributed by atoms with van der Waals surface area (Å²) in [7, 11) is 0. The summed E-state index contributed by atoms with van der Waals surface area (Å²) < 4.78 is 49.9. The van der Waals surface area contributed by atoms with Crippen LogP contribution in [0.5, 0.6) is 0 Å². The van der Waals surface area contributed by atoms with Crippen molar-refractivity contribution < 1.29 is 68.7 Å². The Morgan fingerprint density at radius 1 is 0.700 bits per heavy atom. The van der Waals surface area contributed by atoms with Crippen LogP contribution < -0.4 is 56.8 Å². The smallest absolute Gasteiger partial charge is 0.445 e. The predicted octanol–water partition coefficient (Wildman–Crippen LogP) is 1.05. The van der Waals surface area contributed by atoms with Crippen LogP contribution in [-0.4, -0.2) is 6.98 Å². The van der Waals surface area contributed by atoms with E-state index in [0.29, 0.717) is 5.56 Å². The summed E-state index contributed by atoms with van der Waals surface area (Å²) in [5, 5.41) is 0. The SMILES string of the molecule is Fc1ccc(/C=C/c2ccc([B-](F)(F)F)cc2)cc1.[K+]. The monoisotopic (exact) mass is 304 g/mol. The van der Waals surface area contributed by atoms with Crippen LogP contribution >= 0.6 is 0 Å². The molecule has 98 valence electrons. The maximum absolute atomic E-state index is 12.7. The Balaban J connectivity index is 0.00000200. The van der Waals surface area contributed by atoms with Crippen molar-refractivity contribution in [2.75, 3.05) is 0 Å². The van der Waals surface area contributed by atoms with Crippen LogP contribution in [0.4, 0.5) is 17.3 Å². The molecule has 0 saturated carbocycles. The van der Waals surface area contributed by atoms with Gasteiger partial charge in [-0.3, -0.25) is 0 Å². The zero-order valence-corrected chi connectivity index (χ0v) is 14.0. The van der Waals surface area contributed by atoms with Gasteiger partial charge in [-0.2, -0.15) is 0 Å². The van der Waals surface area contributed by atoms with Crippen LogP contribution in [0, 0.1) is 5.82 Å². The molecule has 0 bridgehead atoms. The van der Waals surface area contributed by atoms with E-state index in [1.54, 1.807) is 24.3 Å². The first-order valence-corrected chi connectivity index (χ1v) is 5.69. The third-order valence-electron chi connectivity index (χ3n) is 2.65. The molecule has 6 heteroatoms.